The molecule has 0 spiro atoms. The third kappa shape index (κ3) is 19.2. The number of nitrogens with one attached hydrogen (secondary N) is 2. The molecule has 0 aliphatic carbocycles. The molecule has 4 amide bonds. The van der Waals surface area contributed by atoms with Crippen LogP contribution >= 0.6 is 0 Å². The molecule has 0 bridgehead atoms. The van der Waals surface area contributed by atoms with E-state index in [-0.39, 0.29) is 12.1 Å². The summed E-state index contributed by atoms with van der Waals surface area (Å²) in [6.07, 6.45) is 21.2. The molecule has 0 aliphatic rings. The number of carbonyl (C=O) groups is 2. The second-order valence-corrected chi connectivity index (χ2v) is 8.92. The highest BCUT2D eigenvalue weighted by atomic mass is 16.2. The minimum Gasteiger partial charge on any atom is -0.338 e. The van der Waals surface area contributed by atoms with E-state index in [1.54, 1.807) is 0 Å². The summed E-state index contributed by atoms with van der Waals surface area (Å²) in [6, 6.07) is -0.467. The number of unbranched alkanes of at least 4 members (excludes halogenated alkanes) is 15. The molecular weight excluding hydrogens is 386 g/mol. The summed E-state index contributed by atoms with van der Waals surface area (Å²) < 4.78 is 0. The molecule has 0 aromatic heterocycles. The van der Waals surface area contributed by atoms with Crippen molar-refractivity contribution in [3.05, 3.63) is 0 Å². The lowest BCUT2D eigenvalue weighted by atomic mass is 10.1. The fraction of sp³-hybridized carbons (Fsp3) is 0.923. The largest absolute Gasteiger partial charge is 0.338 e. The van der Waals surface area contributed by atoms with Crippen LogP contribution in [-0.2, 0) is 0 Å². The lowest BCUT2D eigenvalue weighted by molar-refractivity contribution is 0.184. The standard InChI is InChI=1S/C26H53N3O2/c1-4-7-10-13-16-19-22-27-25(30)29(24-21-18-15-12-9-6-3)26(31)28-23-20-17-14-11-8-5-2/h4-24H2,1-3H3,(H,27,30)(H,28,31). The summed E-state index contributed by atoms with van der Waals surface area (Å²) in [5.74, 6) is 0. The van der Waals surface area contributed by atoms with E-state index in [0.29, 0.717) is 19.6 Å². The molecule has 0 aliphatic heterocycles. The van der Waals surface area contributed by atoms with Crippen molar-refractivity contribution in [2.24, 2.45) is 0 Å². The van der Waals surface area contributed by atoms with Gasteiger partial charge in [-0.25, -0.2) is 14.5 Å². The molecule has 2 N–H and O–H groups in total. The lowest BCUT2D eigenvalue weighted by Crippen LogP contribution is -2.49. The molecule has 0 fully saturated rings. The van der Waals surface area contributed by atoms with Gasteiger partial charge in [-0.3, -0.25) is 0 Å². The topological polar surface area (TPSA) is 61.4 Å². The van der Waals surface area contributed by atoms with Crippen molar-refractivity contribution in [2.75, 3.05) is 19.6 Å². The molecular formula is C26H53N3O2. The van der Waals surface area contributed by atoms with Crippen molar-refractivity contribution < 1.29 is 9.59 Å². The first-order valence-electron chi connectivity index (χ1n) is 13.5. The van der Waals surface area contributed by atoms with E-state index < -0.39 is 0 Å². The molecule has 0 radical (unpaired) electrons. The lowest BCUT2D eigenvalue weighted by Gasteiger charge is -2.22. The van der Waals surface area contributed by atoms with Gasteiger partial charge in [0.2, 0.25) is 0 Å². The molecule has 0 aromatic carbocycles. The minimum atomic E-state index is -0.234. The van der Waals surface area contributed by atoms with Crippen molar-refractivity contribution in [3.63, 3.8) is 0 Å². The van der Waals surface area contributed by atoms with Gasteiger partial charge in [-0.2, -0.15) is 0 Å². The minimum absolute atomic E-state index is 0.234. The molecule has 0 heterocycles. The predicted octanol–water partition coefficient (Wildman–Crippen LogP) is 7.79. The Morgan fingerprint density at radius 3 is 1.19 bits per heavy atom. The predicted molar refractivity (Wildman–Crippen MR) is 134 cm³/mol. The fourth-order valence-electron chi connectivity index (χ4n) is 3.74. The van der Waals surface area contributed by atoms with Gasteiger partial charge in [0.25, 0.3) is 0 Å². The molecule has 0 saturated heterocycles. The summed E-state index contributed by atoms with van der Waals surface area (Å²) >= 11 is 0. The average molecular weight is 440 g/mol. The van der Waals surface area contributed by atoms with Crippen LogP contribution < -0.4 is 10.6 Å². The van der Waals surface area contributed by atoms with Crippen molar-refractivity contribution in [3.8, 4) is 0 Å². The van der Waals surface area contributed by atoms with E-state index in [1.165, 1.54) is 81.9 Å². The maximum atomic E-state index is 12.6. The Morgan fingerprint density at radius 1 is 0.484 bits per heavy atom. The molecule has 184 valence electrons. The maximum Gasteiger partial charge on any atom is 0.325 e. The summed E-state index contributed by atoms with van der Waals surface area (Å²) in [6.45, 7) is 8.47. The second-order valence-electron chi connectivity index (χ2n) is 8.92. The first kappa shape index (κ1) is 29.7. The highest BCUT2D eigenvalue weighted by Gasteiger charge is 2.20. The van der Waals surface area contributed by atoms with Gasteiger partial charge >= 0.3 is 12.1 Å². The molecule has 0 unspecified atom stereocenters. The molecule has 0 saturated carbocycles. The Kier molecular flexibility index (Phi) is 22.5. The quantitative estimate of drug-likeness (QED) is 0.179. The number of hydrogen-bond donors (Lipinski definition) is 2. The van der Waals surface area contributed by atoms with Crippen LogP contribution in [0.2, 0.25) is 0 Å². The summed E-state index contributed by atoms with van der Waals surface area (Å²) in [7, 11) is 0. The van der Waals surface area contributed by atoms with Crippen LogP contribution in [0.15, 0.2) is 0 Å². The fourth-order valence-corrected chi connectivity index (χ4v) is 3.74. The number of nitrogens with zero attached hydrogens (tertiary/aromatic N) is 1. The number of rotatable bonds is 21. The van der Waals surface area contributed by atoms with Gasteiger partial charge in [0, 0.05) is 19.6 Å². The van der Waals surface area contributed by atoms with Gasteiger partial charge < -0.3 is 10.6 Å². The van der Waals surface area contributed by atoms with E-state index >= 15 is 0 Å². The van der Waals surface area contributed by atoms with Crippen LogP contribution in [0.25, 0.3) is 0 Å². The highest BCUT2D eigenvalue weighted by molar-refractivity contribution is 5.93. The van der Waals surface area contributed by atoms with Crippen LogP contribution in [0, 0.1) is 0 Å². The van der Waals surface area contributed by atoms with Crippen molar-refractivity contribution in [2.45, 2.75) is 136 Å². The van der Waals surface area contributed by atoms with Gasteiger partial charge in [-0.05, 0) is 19.3 Å². The first-order valence-corrected chi connectivity index (χ1v) is 13.5. The Bertz CT molecular complexity index is 385. The molecule has 31 heavy (non-hydrogen) atoms. The van der Waals surface area contributed by atoms with Crippen LogP contribution in [0.1, 0.15) is 136 Å². The third-order valence-electron chi connectivity index (χ3n) is 5.84. The number of carbonyl (C=O) groups excluding carboxylic acids is 2. The van der Waals surface area contributed by atoms with Gasteiger partial charge in [0.1, 0.15) is 0 Å². The van der Waals surface area contributed by atoms with Crippen molar-refractivity contribution in [1.82, 2.24) is 15.5 Å². The van der Waals surface area contributed by atoms with Crippen LogP contribution in [-0.4, -0.2) is 36.6 Å². The average Bonchev–Trinajstić information content (AvgIpc) is 2.77. The van der Waals surface area contributed by atoms with Gasteiger partial charge in [-0.1, -0.05) is 117 Å². The molecule has 0 aromatic rings. The normalized spacial score (nSPS) is 10.8. The summed E-state index contributed by atoms with van der Waals surface area (Å²) in [5, 5.41) is 5.93. The Morgan fingerprint density at radius 2 is 0.806 bits per heavy atom. The van der Waals surface area contributed by atoms with E-state index in [0.717, 1.165) is 38.5 Å². The maximum absolute atomic E-state index is 12.6. The Labute approximate surface area is 193 Å². The number of imide groups is 1. The zero-order chi connectivity index (χ0) is 23.0. The van der Waals surface area contributed by atoms with E-state index in [9.17, 15) is 9.59 Å². The second kappa shape index (κ2) is 23.4. The van der Waals surface area contributed by atoms with Gasteiger partial charge in [-0.15, -0.1) is 0 Å². The smallest absolute Gasteiger partial charge is 0.325 e. The van der Waals surface area contributed by atoms with Crippen molar-refractivity contribution >= 4 is 12.1 Å². The highest BCUT2D eigenvalue weighted by Crippen LogP contribution is 2.08. The van der Waals surface area contributed by atoms with E-state index in [2.05, 4.69) is 31.4 Å². The number of urea groups is 2. The summed E-state index contributed by atoms with van der Waals surface area (Å²) in [4.78, 5) is 26.7. The molecule has 0 atom stereocenters. The zero-order valence-electron chi connectivity index (χ0n) is 21.1. The van der Waals surface area contributed by atoms with Gasteiger partial charge in [0.15, 0.2) is 0 Å². The van der Waals surface area contributed by atoms with E-state index in [4.69, 9.17) is 0 Å². The van der Waals surface area contributed by atoms with Crippen molar-refractivity contribution in [1.29, 1.82) is 0 Å². The number of hydrogen-bond acceptors (Lipinski definition) is 2. The number of amides is 4. The van der Waals surface area contributed by atoms with Crippen LogP contribution in [0.5, 0.6) is 0 Å². The van der Waals surface area contributed by atoms with Crippen LogP contribution in [0.4, 0.5) is 9.59 Å². The third-order valence-corrected chi connectivity index (χ3v) is 5.84. The molecule has 5 heteroatoms. The monoisotopic (exact) mass is 439 g/mol. The zero-order valence-corrected chi connectivity index (χ0v) is 21.1. The first-order chi connectivity index (χ1) is 15.2. The van der Waals surface area contributed by atoms with E-state index in [1.807, 2.05) is 0 Å². The Balaban J connectivity index is 4.25. The van der Waals surface area contributed by atoms with Gasteiger partial charge in [0.05, 0.1) is 0 Å². The SMILES string of the molecule is CCCCCCCCNC(=O)N(CCCCCCCC)C(=O)NCCCCCCCC. The van der Waals surface area contributed by atoms with Crippen LogP contribution in [0.3, 0.4) is 0 Å². The Hall–Kier alpha value is -1.26. The molecule has 0 rings (SSSR count). The summed E-state index contributed by atoms with van der Waals surface area (Å²) in [5.41, 5.74) is 0. The molecule has 5 nitrogen and oxygen atoms in total.